The number of aliphatic hydroxyl groups excluding tert-OH is 1. The van der Waals surface area contributed by atoms with E-state index in [1.807, 2.05) is 11.8 Å². The van der Waals surface area contributed by atoms with Gasteiger partial charge in [0.1, 0.15) is 0 Å². The summed E-state index contributed by atoms with van der Waals surface area (Å²) in [5.74, 6) is 3.42. The van der Waals surface area contributed by atoms with Gasteiger partial charge in [-0.2, -0.15) is 11.8 Å². The lowest BCUT2D eigenvalue weighted by molar-refractivity contribution is 0.0755. The van der Waals surface area contributed by atoms with Gasteiger partial charge in [0.15, 0.2) is 0 Å². The number of thioether (sulfide) groups is 1. The van der Waals surface area contributed by atoms with Gasteiger partial charge in [0.2, 0.25) is 0 Å². The predicted octanol–water partition coefficient (Wildman–Crippen LogP) is 1.76. The van der Waals surface area contributed by atoms with Crippen LogP contribution in [0.2, 0.25) is 0 Å². The number of rotatable bonds is 2. The Hall–Kier alpha value is 0.310. The van der Waals surface area contributed by atoms with E-state index in [1.54, 1.807) is 0 Å². The number of hydrogen-bond acceptors (Lipinski definition) is 2. The predicted molar refractivity (Wildman–Crippen MR) is 46.3 cm³/mol. The lowest BCUT2D eigenvalue weighted by Gasteiger charge is -2.20. The molecule has 0 aromatic rings. The minimum atomic E-state index is -0.0602. The molecular formula is C8H16OS. The Kier molecular flexibility index (Phi) is 3.05. The Balaban J connectivity index is 2.32. The van der Waals surface area contributed by atoms with Gasteiger partial charge in [-0.05, 0) is 29.8 Å². The minimum Gasteiger partial charge on any atom is -0.393 e. The van der Waals surface area contributed by atoms with Gasteiger partial charge in [-0.1, -0.05) is 13.8 Å². The van der Waals surface area contributed by atoms with Crippen molar-refractivity contribution < 1.29 is 5.11 Å². The van der Waals surface area contributed by atoms with Crippen LogP contribution in [0.15, 0.2) is 0 Å². The van der Waals surface area contributed by atoms with E-state index in [2.05, 4.69) is 13.8 Å². The molecule has 2 unspecified atom stereocenters. The molecule has 60 valence electrons. The van der Waals surface area contributed by atoms with Gasteiger partial charge >= 0.3 is 0 Å². The zero-order valence-electron chi connectivity index (χ0n) is 6.71. The summed E-state index contributed by atoms with van der Waals surface area (Å²) in [7, 11) is 0. The van der Waals surface area contributed by atoms with Gasteiger partial charge < -0.3 is 5.11 Å². The molecule has 0 amide bonds. The Morgan fingerprint density at radius 2 is 2.20 bits per heavy atom. The van der Waals surface area contributed by atoms with Crippen LogP contribution in [0.3, 0.4) is 0 Å². The Labute approximate surface area is 67.2 Å². The highest BCUT2D eigenvalue weighted by Gasteiger charge is 2.25. The molecule has 1 heterocycles. The van der Waals surface area contributed by atoms with Gasteiger partial charge in [-0.15, -0.1) is 0 Å². The monoisotopic (exact) mass is 160 g/mol. The summed E-state index contributed by atoms with van der Waals surface area (Å²) in [6.45, 7) is 4.18. The van der Waals surface area contributed by atoms with E-state index in [4.69, 9.17) is 0 Å². The maximum absolute atomic E-state index is 9.61. The number of hydrogen-bond donors (Lipinski definition) is 1. The molecule has 1 rings (SSSR count). The molecule has 1 aliphatic rings. The third-order valence-corrected chi connectivity index (χ3v) is 3.32. The van der Waals surface area contributed by atoms with Crippen molar-refractivity contribution in [3.63, 3.8) is 0 Å². The molecule has 1 fully saturated rings. The lowest BCUT2D eigenvalue weighted by atomic mass is 9.93. The summed E-state index contributed by atoms with van der Waals surface area (Å²) in [5, 5.41) is 9.61. The smallest absolute Gasteiger partial charge is 0.0599 e. The minimum absolute atomic E-state index is 0.0602. The van der Waals surface area contributed by atoms with Crippen LogP contribution in [-0.2, 0) is 0 Å². The molecule has 0 spiro atoms. The first kappa shape index (κ1) is 8.41. The summed E-state index contributed by atoms with van der Waals surface area (Å²) < 4.78 is 0. The summed E-state index contributed by atoms with van der Waals surface area (Å²) in [4.78, 5) is 0. The van der Waals surface area contributed by atoms with Crippen LogP contribution in [0.1, 0.15) is 20.3 Å². The van der Waals surface area contributed by atoms with E-state index in [-0.39, 0.29) is 6.10 Å². The third kappa shape index (κ3) is 1.89. The van der Waals surface area contributed by atoms with E-state index in [9.17, 15) is 5.11 Å². The quantitative estimate of drug-likeness (QED) is 0.664. The summed E-state index contributed by atoms with van der Waals surface area (Å²) in [6, 6.07) is 0. The van der Waals surface area contributed by atoms with E-state index in [1.165, 1.54) is 17.9 Å². The molecule has 0 aromatic carbocycles. The summed E-state index contributed by atoms with van der Waals surface area (Å²) in [5.41, 5.74) is 0. The van der Waals surface area contributed by atoms with Gasteiger partial charge in [0.05, 0.1) is 6.10 Å². The van der Waals surface area contributed by atoms with Crippen molar-refractivity contribution >= 4 is 11.8 Å². The van der Waals surface area contributed by atoms with Crippen LogP contribution in [0.25, 0.3) is 0 Å². The molecule has 0 saturated carbocycles. The molecule has 0 aromatic heterocycles. The second kappa shape index (κ2) is 3.63. The highest BCUT2D eigenvalue weighted by molar-refractivity contribution is 7.99. The standard InChI is InChI=1S/C8H16OS/c1-6(2)8(9)7-3-4-10-5-7/h6-9H,3-5H2,1-2H3. The van der Waals surface area contributed by atoms with Crippen molar-refractivity contribution in [3.8, 4) is 0 Å². The first-order chi connectivity index (χ1) is 4.72. The Morgan fingerprint density at radius 1 is 1.50 bits per heavy atom. The Morgan fingerprint density at radius 3 is 2.60 bits per heavy atom. The molecular weight excluding hydrogens is 144 g/mol. The van der Waals surface area contributed by atoms with Crippen LogP contribution < -0.4 is 0 Å². The molecule has 0 radical (unpaired) electrons. The van der Waals surface area contributed by atoms with E-state index >= 15 is 0 Å². The van der Waals surface area contributed by atoms with Gasteiger partial charge in [-0.25, -0.2) is 0 Å². The molecule has 1 saturated heterocycles. The first-order valence-corrected chi connectivity index (χ1v) is 5.13. The fourth-order valence-corrected chi connectivity index (χ4v) is 2.67. The Bertz CT molecular complexity index is 97.4. The average molecular weight is 160 g/mol. The van der Waals surface area contributed by atoms with Crippen molar-refractivity contribution in [2.45, 2.75) is 26.4 Å². The SMILES string of the molecule is CC(C)C(O)C1CCSC1. The third-order valence-electron chi connectivity index (χ3n) is 2.13. The second-order valence-corrected chi connectivity index (χ2v) is 4.51. The van der Waals surface area contributed by atoms with E-state index < -0.39 is 0 Å². The van der Waals surface area contributed by atoms with Crippen molar-refractivity contribution in [2.24, 2.45) is 11.8 Å². The van der Waals surface area contributed by atoms with Crippen LogP contribution in [-0.4, -0.2) is 22.7 Å². The largest absolute Gasteiger partial charge is 0.393 e. The molecule has 2 atom stereocenters. The van der Waals surface area contributed by atoms with Crippen LogP contribution in [0.5, 0.6) is 0 Å². The van der Waals surface area contributed by atoms with E-state index in [0.717, 1.165) is 0 Å². The normalized spacial score (nSPS) is 29.4. The lowest BCUT2D eigenvalue weighted by Crippen LogP contribution is -2.25. The first-order valence-electron chi connectivity index (χ1n) is 3.97. The molecule has 0 aliphatic carbocycles. The maximum atomic E-state index is 9.61. The van der Waals surface area contributed by atoms with E-state index in [0.29, 0.717) is 11.8 Å². The summed E-state index contributed by atoms with van der Waals surface area (Å²) in [6.07, 6.45) is 1.15. The zero-order chi connectivity index (χ0) is 7.56. The fraction of sp³-hybridized carbons (Fsp3) is 1.00. The van der Waals surface area contributed by atoms with Gasteiger partial charge in [-0.3, -0.25) is 0 Å². The summed E-state index contributed by atoms with van der Waals surface area (Å²) >= 11 is 1.97. The number of aliphatic hydroxyl groups is 1. The van der Waals surface area contributed by atoms with Crippen molar-refractivity contribution in [2.75, 3.05) is 11.5 Å². The molecule has 0 bridgehead atoms. The second-order valence-electron chi connectivity index (χ2n) is 3.36. The zero-order valence-corrected chi connectivity index (χ0v) is 7.53. The van der Waals surface area contributed by atoms with Crippen molar-refractivity contribution in [1.29, 1.82) is 0 Å². The highest BCUT2D eigenvalue weighted by atomic mass is 32.2. The van der Waals surface area contributed by atoms with Gasteiger partial charge in [0, 0.05) is 0 Å². The maximum Gasteiger partial charge on any atom is 0.0599 e. The van der Waals surface area contributed by atoms with Crippen molar-refractivity contribution in [3.05, 3.63) is 0 Å². The van der Waals surface area contributed by atoms with Crippen LogP contribution in [0.4, 0.5) is 0 Å². The molecule has 10 heavy (non-hydrogen) atoms. The molecule has 1 nitrogen and oxygen atoms in total. The van der Waals surface area contributed by atoms with Gasteiger partial charge in [0.25, 0.3) is 0 Å². The average Bonchev–Trinajstić information content (AvgIpc) is 2.36. The van der Waals surface area contributed by atoms with Crippen molar-refractivity contribution in [1.82, 2.24) is 0 Å². The molecule has 2 heteroatoms. The van der Waals surface area contributed by atoms with Crippen LogP contribution in [0, 0.1) is 11.8 Å². The highest BCUT2D eigenvalue weighted by Crippen LogP contribution is 2.28. The fourth-order valence-electron chi connectivity index (χ4n) is 1.37. The van der Waals surface area contributed by atoms with Crippen LogP contribution >= 0.6 is 11.8 Å². The molecule has 1 N–H and O–H groups in total. The molecule has 1 aliphatic heterocycles. The topological polar surface area (TPSA) is 20.2 Å².